The second kappa shape index (κ2) is 4.42. The largest absolute Gasteiger partial charge is 0.368 e. The Bertz CT molecular complexity index is 314. The zero-order valence-corrected chi connectivity index (χ0v) is 6.87. The number of hydroxylamine groups is 1. The Balaban J connectivity index is 2.64. The molecule has 0 unspecified atom stereocenters. The number of hydrogen-bond donors (Lipinski definition) is 3. The lowest BCUT2D eigenvalue weighted by Crippen LogP contribution is -2.28. The molecular weight excluding hydrogens is 173 g/mol. The van der Waals surface area contributed by atoms with Crippen LogP contribution in [-0.4, -0.2) is 11.2 Å². The van der Waals surface area contributed by atoms with E-state index in [9.17, 15) is 4.39 Å². The zero-order valence-electron chi connectivity index (χ0n) is 6.87. The first-order chi connectivity index (χ1) is 6.22. The van der Waals surface area contributed by atoms with Crippen LogP contribution in [0.5, 0.6) is 0 Å². The summed E-state index contributed by atoms with van der Waals surface area (Å²) in [5.74, 6) is -0.410. The van der Waals surface area contributed by atoms with Gasteiger partial charge in [-0.3, -0.25) is 5.21 Å². The molecule has 1 aromatic carbocycles. The molecule has 0 aliphatic carbocycles. The molecule has 70 valence electrons. The van der Waals surface area contributed by atoms with Crippen LogP contribution < -0.4 is 11.2 Å². The maximum Gasteiger partial charge on any atom is 0.213 e. The topological polar surface area (TPSA) is 70.6 Å². The van der Waals surface area contributed by atoms with E-state index in [4.69, 9.17) is 10.9 Å². The van der Waals surface area contributed by atoms with Crippen LogP contribution in [0.2, 0.25) is 0 Å². The monoisotopic (exact) mass is 183 g/mol. The van der Waals surface area contributed by atoms with Gasteiger partial charge >= 0.3 is 0 Å². The number of nitrogens with one attached hydrogen (secondary N) is 1. The van der Waals surface area contributed by atoms with Crippen LogP contribution in [0.3, 0.4) is 0 Å². The fourth-order valence-corrected chi connectivity index (χ4v) is 0.847. The first kappa shape index (κ1) is 9.47. The predicted octanol–water partition coefficient (Wildman–Crippen LogP) is 0.619. The van der Waals surface area contributed by atoms with Crippen LogP contribution in [-0.2, 0) is 6.54 Å². The Morgan fingerprint density at radius 1 is 1.62 bits per heavy atom. The molecule has 0 amide bonds. The van der Waals surface area contributed by atoms with Gasteiger partial charge in [-0.15, -0.1) is 0 Å². The third-order valence-electron chi connectivity index (χ3n) is 1.44. The number of rotatable bonds is 2. The van der Waals surface area contributed by atoms with E-state index in [1.54, 1.807) is 17.6 Å². The first-order valence-corrected chi connectivity index (χ1v) is 3.67. The summed E-state index contributed by atoms with van der Waals surface area (Å²) in [4.78, 5) is 3.72. The third-order valence-corrected chi connectivity index (χ3v) is 1.44. The molecule has 1 aromatic rings. The fourth-order valence-electron chi connectivity index (χ4n) is 0.847. The summed E-state index contributed by atoms with van der Waals surface area (Å²) in [6, 6.07) is 6.01. The molecule has 0 atom stereocenters. The minimum Gasteiger partial charge on any atom is -0.368 e. The highest BCUT2D eigenvalue weighted by atomic mass is 19.1. The maximum atomic E-state index is 12.6. The van der Waals surface area contributed by atoms with Gasteiger partial charge in [-0.25, -0.2) is 14.9 Å². The summed E-state index contributed by atoms with van der Waals surface area (Å²) < 4.78 is 12.6. The molecule has 0 bridgehead atoms. The highest BCUT2D eigenvalue weighted by Gasteiger charge is 1.93. The number of benzene rings is 1. The van der Waals surface area contributed by atoms with E-state index in [1.165, 1.54) is 12.1 Å². The van der Waals surface area contributed by atoms with Gasteiger partial charge in [0.2, 0.25) is 5.96 Å². The van der Waals surface area contributed by atoms with Gasteiger partial charge in [-0.2, -0.15) is 0 Å². The molecule has 0 radical (unpaired) electrons. The van der Waals surface area contributed by atoms with E-state index in [0.717, 1.165) is 0 Å². The average molecular weight is 183 g/mol. The van der Waals surface area contributed by atoms with Crippen molar-refractivity contribution >= 4 is 5.96 Å². The average Bonchev–Trinajstić information content (AvgIpc) is 2.14. The van der Waals surface area contributed by atoms with Gasteiger partial charge in [0.1, 0.15) is 5.82 Å². The number of nitrogens with two attached hydrogens (primary N) is 1. The fraction of sp³-hybridized carbons (Fsp3) is 0.125. The molecule has 1 rings (SSSR count). The molecule has 0 saturated carbocycles. The molecule has 0 aliphatic heterocycles. The number of guanidine groups is 1. The molecule has 4 N–H and O–H groups in total. The maximum absolute atomic E-state index is 12.6. The molecule has 5 heteroatoms. The molecule has 0 aromatic heterocycles. The summed E-state index contributed by atoms with van der Waals surface area (Å²) in [5.41, 5.74) is 7.53. The van der Waals surface area contributed by atoms with Gasteiger partial charge in [-0.05, 0) is 17.7 Å². The van der Waals surface area contributed by atoms with E-state index >= 15 is 0 Å². The molecule has 0 spiro atoms. The first-order valence-electron chi connectivity index (χ1n) is 3.67. The van der Waals surface area contributed by atoms with Crippen molar-refractivity contribution in [3.63, 3.8) is 0 Å². The summed E-state index contributed by atoms with van der Waals surface area (Å²) in [7, 11) is 0. The molecular formula is C8H10FN3O. The smallest absolute Gasteiger partial charge is 0.213 e. The standard InChI is InChI=1S/C8H10FN3O/c9-7-3-1-2-6(4-7)5-11-8(10)12-13/h1-4,13H,5H2,(H3,10,11,12). The zero-order chi connectivity index (χ0) is 9.68. The van der Waals surface area contributed by atoms with Crippen molar-refractivity contribution in [2.24, 2.45) is 10.7 Å². The van der Waals surface area contributed by atoms with Gasteiger partial charge in [0.25, 0.3) is 0 Å². The Morgan fingerprint density at radius 3 is 3.00 bits per heavy atom. The number of hydrogen-bond acceptors (Lipinski definition) is 2. The van der Waals surface area contributed by atoms with Crippen LogP contribution in [0.25, 0.3) is 0 Å². The number of halogens is 1. The predicted molar refractivity (Wildman–Crippen MR) is 46.6 cm³/mol. The van der Waals surface area contributed by atoms with Crippen LogP contribution in [0.1, 0.15) is 5.56 Å². The van der Waals surface area contributed by atoms with E-state index in [-0.39, 0.29) is 18.3 Å². The van der Waals surface area contributed by atoms with Crippen molar-refractivity contribution in [2.45, 2.75) is 6.54 Å². The van der Waals surface area contributed by atoms with Crippen LogP contribution >= 0.6 is 0 Å². The van der Waals surface area contributed by atoms with E-state index in [1.807, 2.05) is 0 Å². The van der Waals surface area contributed by atoms with Crippen LogP contribution in [0.4, 0.5) is 4.39 Å². The molecule has 0 saturated heterocycles. The van der Waals surface area contributed by atoms with Gasteiger partial charge in [0.15, 0.2) is 0 Å². The van der Waals surface area contributed by atoms with Crippen molar-refractivity contribution in [1.82, 2.24) is 5.48 Å². The Hall–Kier alpha value is -1.62. The minimum atomic E-state index is -0.316. The number of aliphatic imine (C=N–C) groups is 1. The lowest BCUT2D eigenvalue weighted by atomic mass is 10.2. The van der Waals surface area contributed by atoms with E-state index in [2.05, 4.69) is 4.99 Å². The molecule has 0 aliphatic rings. The van der Waals surface area contributed by atoms with Crippen LogP contribution in [0, 0.1) is 5.82 Å². The van der Waals surface area contributed by atoms with Crippen molar-refractivity contribution in [3.05, 3.63) is 35.6 Å². The summed E-state index contributed by atoms with van der Waals surface area (Å²) in [5, 5.41) is 8.29. The second-order valence-electron chi connectivity index (χ2n) is 2.44. The van der Waals surface area contributed by atoms with Crippen LogP contribution in [0.15, 0.2) is 29.3 Å². The molecule has 4 nitrogen and oxygen atoms in total. The van der Waals surface area contributed by atoms with Crippen molar-refractivity contribution < 1.29 is 9.60 Å². The molecule has 0 heterocycles. The third kappa shape index (κ3) is 3.08. The highest BCUT2D eigenvalue weighted by molar-refractivity contribution is 5.76. The Morgan fingerprint density at radius 2 is 2.38 bits per heavy atom. The number of nitrogens with zero attached hydrogens (tertiary/aromatic N) is 1. The summed E-state index contributed by atoms with van der Waals surface area (Å²) >= 11 is 0. The van der Waals surface area contributed by atoms with E-state index in [0.29, 0.717) is 5.56 Å². The molecule has 0 fully saturated rings. The van der Waals surface area contributed by atoms with Gasteiger partial charge in [0, 0.05) is 0 Å². The van der Waals surface area contributed by atoms with Gasteiger partial charge in [-0.1, -0.05) is 12.1 Å². The normalized spacial score (nSPS) is 11.4. The van der Waals surface area contributed by atoms with Crippen molar-refractivity contribution in [1.29, 1.82) is 0 Å². The van der Waals surface area contributed by atoms with Crippen molar-refractivity contribution in [2.75, 3.05) is 0 Å². The summed E-state index contributed by atoms with van der Waals surface area (Å²) in [6.07, 6.45) is 0. The highest BCUT2D eigenvalue weighted by Crippen LogP contribution is 2.04. The van der Waals surface area contributed by atoms with Crippen molar-refractivity contribution in [3.8, 4) is 0 Å². The second-order valence-corrected chi connectivity index (χ2v) is 2.44. The Kier molecular flexibility index (Phi) is 3.22. The van der Waals surface area contributed by atoms with Gasteiger partial charge < -0.3 is 5.73 Å². The quantitative estimate of drug-likeness (QED) is 0.357. The summed E-state index contributed by atoms with van der Waals surface area (Å²) in [6.45, 7) is 0.233. The lowest BCUT2D eigenvalue weighted by Gasteiger charge is -1.98. The lowest BCUT2D eigenvalue weighted by molar-refractivity contribution is 0.232. The SMILES string of the molecule is NC(=NCc1cccc(F)c1)NO. The molecule has 13 heavy (non-hydrogen) atoms. The van der Waals surface area contributed by atoms with Gasteiger partial charge in [0.05, 0.1) is 6.54 Å². The Labute approximate surface area is 74.9 Å². The minimum absolute atomic E-state index is 0.0933. The van der Waals surface area contributed by atoms with E-state index < -0.39 is 0 Å².